The van der Waals surface area contributed by atoms with Crippen molar-refractivity contribution in [2.45, 2.75) is 27.2 Å². The number of hydrazone groups is 1. The number of amides is 3. The number of nitrogens with one attached hydrogen (secondary N) is 3. The van der Waals surface area contributed by atoms with Crippen LogP contribution in [0.4, 0.5) is 11.4 Å². The number of halogens is 1. The van der Waals surface area contributed by atoms with Crippen molar-refractivity contribution in [2.24, 2.45) is 5.10 Å². The highest BCUT2D eigenvalue weighted by Crippen LogP contribution is 2.22. The van der Waals surface area contributed by atoms with Gasteiger partial charge in [-0.25, -0.2) is 5.43 Å². The molecule has 0 spiro atoms. The Bertz CT molecular complexity index is 941. The van der Waals surface area contributed by atoms with Gasteiger partial charge in [0.2, 0.25) is 5.91 Å². The van der Waals surface area contributed by atoms with Gasteiger partial charge < -0.3 is 10.6 Å². The Kier molecular flexibility index (Phi) is 7.28. The van der Waals surface area contributed by atoms with Crippen molar-refractivity contribution < 1.29 is 14.4 Å². The molecule has 8 heteroatoms. The highest BCUT2D eigenvalue weighted by Gasteiger charge is 2.15. The lowest BCUT2D eigenvalue weighted by Crippen LogP contribution is -2.33. The van der Waals surface area contributed by atoms with Crippen molar-refractivity contribution in [3.63, 3.8) is 0 Å². The number of hydrogen-bond acceptors (Lipinski definition) is 4. The summed E-state index contributed by atoms with van der Waals surface area (Å²) in [6.07, 6.45) is -0.0246. The van der Waals surface area contributed by atoms with Gasteiger partial charge >= 0.3 is 11.8 Å². The molecule has 2 aromatic rings. The van der Waals surface area contributed by atoms with E-state index in [4.69, 9.17) is 11.6 Å². The van der Waals surface area contributed by atoms with Crippen LogP contribution in [0.2, 0.25) is 5.02 Å². The molecule has 3 N–H and O–H groups in total. The van der Waals surface area contributed by atoms with E-state index in [1.165, 1.54) is 0 Å². The van der Waals surface area contributed by atoms with Crippen LogP contribution in [0.25, 0.3) is 0 Å². The number of hydrogen-bond donors (Lipinski definition) is 3. The standard InChI is InChI=1S/C20H21ClN4O3/c1-12-6-4-7-15(10-12)22-18(26)11-13(2)24-25-20(28)19(27)23-17-9-5-8-16(21)14(17)3/h4-10H,11H2,1-3H3,(H,22,26)(H,23,27)(H,25,28)/b24-13+. The molecule has 0 aliphatic rings. The van der Waals surface area contributed by atoms with Crippen LogP contribution in [0.1, 0.15) is 24.5 Å². The van der Waals surface area contributed by atoms with Crippen LogP contribution in [-0.4, -0.2) is 23.4 Å². The van der Waals surface area contributed by atoms with E-state index in [1.54, 1.807) is 38.1 Å². The van der Waals surface area contributed by atoms with Gasteiger partial charge in [0, 0.05) is 22.1 Å². The summed E-state index contributed by atoms with van der Waals surface area (Å²) < 4.78 is 0. The zero-order valence-corrected chi connectivity index (χ0v) is 16.6. The Balaban J connectivity index is 1.87. The first kappa shape index (κ1) is 21.1. The Morgan fingerprint density at radius 2 is 1.71 bits per heavy atom. The number of benzene rings is 2. The van der Waals surface area contributed by atoms with E-state index in [1.807, 2.05) is 25.1 Å². The van der Waals surface area contributed by atoms with Gasteiger partial charge in [-0.2, -0.15) is 5.10 Å². The quantitative estimate of drug-likeness (QED) is 0.407. The van der Waals surface area contributed by atoms with Gasteiger partial charge in [0.1, 0.15) is 0 Å². The molecule has 0 atom stereocenters. The molecule has 0 saturated heterocycles. The molecule has 0 bridgehead atoms. The van der Waals surface area contributed by atoms with Crippen molar-refractivity contribution in [2.75, 3.05) is 10.6 Å². The summed E-state index contributed by atoms with van der Waals surface area (Å²) in [5.41, 5.74) is 5.28. The van der Waals surface area contributed by atoms with Gasteiger partial charge in [0.15, 0.2) is 0 Å². The van der Waals surface area contributed by atoms with Crippen molar-refractivity contribution in [1.82, 2.24) is 5.43 Å². The minimum Gasteiger partial charge on any atom is -0.326 e. The second kappa shape index (κ2) is 9.66. The fourth-order valence-electron chi connectivity index (χ4n) is 2.32. The van der Waals surface area contributed by atoms with Gasteiger partial charge in [-0.15, -0.1) is 0 Å². The van der Waals surface area contributed by atoms with Gasteiger partial charge in [-0.05, 0) is 56.2 Å². The predicted octanol–water partition coefficient (Wildman–Crippen LogP) is 3.42. The van der Waals surface area contributed by atoms with E-state index in [0.29, 0.717) is 27.7 Å². The lowest BCUT2D eigenvalue weighted by molar-refractivity contribution is -0.136. The summed E-state index contributed by atoms with van der Waals surface area (Å²) in [5, 5.41) is 9.49. The Morgan fingerprint density at radius 1 is 1.00 bits per heavy atom. The second-order valence-electron chi connectivity index (χ2n) is 6.25. The average Bonchev–Trinajstić information content (AvgIpc) is 2.63. The summed E-state index contributed by atoms with van der Waals surface area (Å²) in [6.45, 7) is 5.23. The van der Waals surface area contributed by atoms with Gasteiger partial charge in [0.25, 0.3) is 0 Å². The van der Waals surface area contributed by atoms with E-state index < -0.39 is 11.8 Å². The van der Waals surface area contributed by atoms with Crippen LogP contribution in [0.3, 0.4) is 0 Å². The minimum atomic E-state index is -0.946. The first-order valence-corrected chi connectivity index (χ1v) is 8.90. The molecule has 0 radical (unpaired) electrons. The third-order valence-corrected chi connectivity index (χ3v) is 4.20. The molecule has 0 fully saturated rings. The fourth-order valence-corrected chi connectivity index (χ4v) is 2.49. The number of aryl methyl sites for hydroxylation is 1. The van der Waals surface area contributed by atoms with Crippen LogP contribution in [0.5, 0.6) is 0 Å². The third-order valence-electron chi connectivity index (χ3n) is 3.79. The molecule has 0 aliphatic carbocycles. The number of anilines is 2. The van der Waals surface area contributed by atoms with Gasteiger partial charge in [0.05, 0.1) is 6.42 Å². The lowest BCUT2D eigenvalue weighted by atomic mass is 10.2. The molecular formula is C20H21ClN4O3. The summed E-state index contributed by atoms with van der Waals surface area (Å²) in [7, 11) is 0. The highest BCUT2D eigenvalue weighted by molar-refractivity contribution is 6.40. The molecule has 146 valence electrons. The molecule has 0 heterocycles. The maximum atomic E-state index is 12.0. The highest BCUT2D eigenvalue weighted by atomic mass is 35.5. The molecule has 3 amide bonds. The average molecular weight is 401 g/mol. The zero-order chi connectivity index (χ0) is 20.7. The maximum absolute atomic E-state index is 12.0. The monoisotopic (exact) mass is 400 g/mol. The van der Waals surface area contributed by atoms with E-state index >= 15 is 0 Å². The van der Waals surface area contributed by atoms with E-state index in [-0.39, 0.29) is 12.3 Å². The van der Waals surface area contributed by atoms with Crippen LogP contribution < -0.4 is 16.1 Å². The largest absolute Gasteiger partial charge is 0.329 e. The molecule has 28 heavy (non-hydrogen) atoms. The van der Waals surface area contributed by atoms with Gasteiger partial charge in [-0.3, -0.25) is 14.4 Å². The molecular weight excluding hydrogens is 380 g/mol. The summed E-state index contributed by atoms with van der Waals surface area (Å²) in [5.74, 6) is -2.11. The summed E-state index contributed by atoms with van der Waals surface area (Å²) in [6, 6.07) is 12.4. The molecule has 0 unspecified atom stereocenters. The molecule has 0 aromatic heterocycles. The first-order chi connectivity index (χ1) is 13.3. The first-order valence-electron chi connectivity index (χ1n) is 8.52. The molecule has 2 rings (SSSR count). The number of nitrogens with zero attached hydrogens (tertiary/aromatic N) is 1. The SMILES string of the molecule is C/C(CC(=O)Nc1cccc(C)c1)=N\NC(=O)C(=O)Nc1cccc(Cl)c1C. The molecule has 0 aliphatic heterocycles. The van der Waals surface area contributed by atoms with E-state index in [2.05, 4.69) is 21.2 Å². The van der Waals surface area contributed by atoms with Crippen LogP contribution in [0, 0.1) is 13.8 Å². The van der Waals surface area contributed by atoms with Crippen LogP contribution >= 0.6 is 11.6 Å². The normalized spacial score (nSPS) is 10.9. The van der Waals surface area contributed by atoms with Crippen molar-refractivity contribution in [3.05, 3.63) is 58.6 Å². The molecule has 0 saturated carbocycles. The topological polar surface area (TPSA) is 99.7 Å². The summed E-state index contributed by atoms with van der Waals surface area (Å²) in [4.78, 5) is 35.9. The van der Waals surface area contributed by atoms with Crippen molar-refractivity contribution in [3.8, 4) is 0 Å². The van der Waals surface area contributed by atoms with E-state index in [9.17, 15) is 14.4 Å². The smallest absolute Gasteiger partial charge is 0.326 e. The van der Waals surface area contributed by atoms with Crippen LogP contribution in [-0.2, 0) is 14.4 Å². The minimum absolute atomic E-state index is 0.0246. The predicted molar refractivity (Wildman–Crippen MR) is 110 cm³/mol. The summed E-state index contributed by atoms with van der Waals surface area (Å²) >= 11 is 5.98. The fraction of sp³-hybridized carbons (Fsp3) is 0.200. The van der Waals surface area contributed by atoms with Crippen LogP contribution in [0.15, 0.2) is 47.6 Å². The maximum Gasteiger partial charge on any atom is 0.329 e. The third kappa shape index (κ3) is 6.21. The number of rotatable bonds is 5. The Hall–Kier alpha value is -3.19. The Labute approximate surface area is 168 Å². The van der Waals surface area contributed by atoms with Gasteiger partial charge in [-0.1, -0.05) is 29.8 Å². The molecule has 2 aromatic carbocycles. The lowest BCUT2D eigenvalue weighted by Gasteiger charge is -2.09. The van der Waals surface area contributed by atoms with Crippen molar-refractivity contribution >= 4 is 46.4 Å². The number of carbonyl (C=O) groups excluding carboxylic acids is 3. The van der Waals surface area contributed by atoms with Crippen molar-refractivity contribution in [1.29, 1.82) is 0 Å². The Morgan fingerprint density at radius 3 is 2.43 bits per heavy atom. The zero-order valence-electron chi connectivity index (χ0n) is 15.8. The molecule has 7 nitrogen and oxygen atoms in total. The number of carbonyl (C=O) groups is 3. The second-order valence-corrected chi connectivity index (χ2v) is 6.66. The van der Waals surface area contributed by atoms with E-state index in [0.717, 1.165) is 5.56 Å².